The average Bonchev–Trinajstić information content (AvgIpc) is 2.08. The van der Waals surface area contributed by atoms with E-state index in [0.717, 1.165) is 11.1 Å². The molecule has 0 saturated carbocycles. The van der Waals surface area contributed by atoms with Crippen molar-refractivity contribution in [1.82, 2.24) is 0 Å². The number of hydrogen-bond donors (Lipinski definition) is 1. The van der Waals surface area contributed by atoms with E-state index in [-0.39, 0.29) is 0 Å². The first-order valence-corrected chi connectivity index (χ1v) is 4.47. The van der Waals surface area contributed by atoms with Crippen molar-refractivity contribution in [2.45, 2.75) is 6.92 Å². The van der Waals surface area contributed by atoms with E-state index in [0.29, 0.717) is 17.9 Å². The molecule has 1 aromatic carbocycles. The molecule has 0 unspecified atom stereocenters. The van der Waals surface area contributed by atoms with Crippen molar-refractivity contribution in [3.63, 3.8) is 0 Å². The normalized spacial score (nSPS) is 9.92. The zero-order valence-corrected chi connectivity index (χ0v) is 8.34. The molecule has 2 nitrogen and oxygen atoms in total. The van der Waals surface area contributed by atoms with E-state index >= 15 is 0 Å². The molecule has 0 aliphatic carbocycles. The van der Waals surface area contributed by atoms with Crippen molar-refractivity contribution < 1.29 is 9.84 Å². The Labute approximate surface area is 80.3 Å². The van der Waals surface area contributed by atoms with Gasteiger partial charge in [0.05, 0.1) is 6.61 Å². The maximum atomic E-state index is 8.84. The third kappa shape index (κ3) is 2.22. The minimum Gasteiger partial charge on any atom is -0.493 e. The SMILES string of the molecule is CCOc1ccc(Br)cc1[CH]O. The summed E-state index contributed by atoms with van der Waals surface area (Å²) in [6, 6.07) is 5.48. The van der Waals surface area contributed by atoms with Crippen LogP contribution in [-0.4, -0.2) is 11.7 Å². The molecule has 0 fully saturated rings. The molecule has 1 N–H and O–H groups in total. The Bertz CT molecular complexity index is 261. The van der Waals surface area contributed by atoms with E-state index in [1.54, 1.807) is 6.07 Å². The van der Waals surface area contributed by atoms with Crippen LogP contribution in [0.4, 0.5) is 0 Å². The van der Waals surface area contributed by atoms with Gasteiger partial charge in [-0.25, -0.2) is 0 Å². The lowest BCUT2D eigenvalue weighted by molar-refractivity contribution is 0.330. The minimum absolute atomic E-state index is 0.600. The second-order valence-corrected chi connectivity index (χ2v) is 3.16. The predicted octanol–water partition coefficient (Wildman–Crippen LogP) is 2.73. The van der Waals surface area contributed by atoms with Crippen LogP contribution in [0.2, 0.25) is 0 Å². The van der Waals surface area contributed by atoms with Crippen LogP contribution >= 0.6 is 15.9 Å². The van der Waals surface area contributed by atoms with Crippen LogP contribution in [0.5, 0.6) is 5.75 Å². The molecule has 0 spiro atoms. The van der Waals surface area contributed by atoms with Gasteiger partial charge in [0.2, 0.25) is 0 Å². The highest BCUT2D eigenvalue weighted by atomic mass is 79.9. The van der Waals surface area contributed by atoms with Gasteiger partial charge in [0.1, 0.15) is 12.4 Å². The molecule has 1 rings (SSSR count). The number of rotatable bonds is 3. The number of aliphatic hydroxyl groups is 1. The summed E-state index contributed by atoms with van der Waals surface area (Å²) in [5, 5.41) is 8.84. The zero-order valence-electron chi connectivity index (χ0n) is 6.75. The van der Waals surface area contributed by atoms with Crippen molar-refractivity contribution in [2.24, 2.45) is 0 Å². The highest BCUT2D eigenvalue weighted by Crippen LogP contribution is 2.23. The first-order valence-electron chi connectivity index (χ1n) is 3.67. The average molecular weight is 230 g/mol. The number of benzene rings is 1. The van der Waals surface area contributed by atoms with Crippen molar-refractivity contribution in [3.8, 4) is 5.75 Å². The van der Waals surface area contributed by atoms with E-state index < -0.39 is 0 Å². The summed E-state index contributed by atoms with van der Waals surface area (Å²) in [7, 11) is 0. The largest absolute Gasteiger partial charge is 0.493 e. The molecule has 65 valence electrons. The maximum Gasteiger partial charge on any atom is 0.125 e. The van der Waals surface area contributed by atoms with Crippen LogP contribution in [0.3, 0.4) is 0 Å². The van der Waals surface area contributed by atoms with Crippen LogP contribution in [0.1, 0.15) is 12.5 Å². The van der Waals surface area contributed by atoms with E-state index in [1.165, 1.54) is 0 Å². The van der Waals surface area contributed by atoms with Gasteiger partial charge < -0.3 is 9.84 Å². The molecule has 0 saturated heterocycles. The van der Waals surface area contributed by atoms with Crippen LogP contribution < -0.4 is 4.74 Å². The maximum absolute atomic E-state index is 8.84. The molecule has 1 radical (unpaired) electrons. The van der Waals surface area contributed by atoms with Gasteiger partial charge in [-0.3, -0.25) is 0 Å². The molecule has 3 heteroatoms. The molecule has 0 aromatic heterocycles. The van der Waals surface area contributed by atoms with E-state index in [9.17, 15) is 0 Å². The summed E-state index contributed by atoms with van der Waals surface area (Å²) in [5.74, 6) is 0.697. The van der Waals surface area contributed by atoms with Crippen LogP contribution in [-0.2, 0) is 0 Å². The predicted molar refractivity (Wildman–Crippen MR) is 50.6 cm³/mol. The fourth-order valence-corrected chi connectivity index (χ4v) is 1.29. The number of aliphatic hydroxyl groups excluding tert-OH is 1. The van der Waals surface area contributed by atoms with Gasteiger partial charge in [-0.1, -0.05) is 15.9 Å². The molecule has 1 aromatic rings. The fourth-order valence-electron chi connectivity index (χ4n) is 0.907. The Morgan fingerprint density at radius 3 is 2.92 bits per heavy atom. The van der Waals surface area contributed by atoms with Crippen LogP contribution in [0.25, 0.3) is 0 Å². The Hall–Kier alpha value is -0.540. The number of halogens is 1. The first-order chi connectivity index (χ1) is 5.77. The van der Waals surface area contributed by atoms with Gasteiger partial charge in [0, 0.05) is 10.0 Å². The number of ether oxygens (including phenoxy) is 1. The first kappa shape index (κ1) is 9.55. The van der Waals surface area contributed by atoms with Crippen LogP contribution in [0.15, 0.2) is 22.7 Å². The molecule has 0 aliphatic rings. The molecular formula is C9H10BrO2. The summed E-state index contributed by atoms with van der Waals surface area (Å²) >= 11 is 3.30. The van der Waals surface area contributed by atoms with Gasteiger partial charge in [-0.2, -0.15) is 0 Å². The zero-order chi connectivity index (χ0) is 8.97. The Morgan fingerprint density at radius 2 is 2.33 bits per heavy atom. The standard InChI is InChI=1S/C9H10BrO2/c1-2-12-9-4-3-8(10)5-7(9)6-11/h3-6,11H,2H2,1H3. The summed E-state index contributed by atoms with van der Waals surface area (Å²) in [5.41, 5.74) is 0.686. The third-order valence-electron chi connectivity index (χ3n) is 1.41. The molecule has 0 heterocycles. The molecule has 12 heavy (non-hydrogen) atoms. The Morgan fingerprint density at radius 1 is 1.58 bits per heavy atom. The second-order valence-electron chi connectivity index (χ2n) is 2.24. The summed E-state index contributed by atoms with van der Waals surface area (Å²) in [6.07, 6.45) is 0. The van der Waals surface area contributed by atoms with E-state index in [1.807, 2.05) is 19.1 Å². The highest BCUT2D eigenvalue weighted by Gasteiger charge is 2.02. The smallest absolute Gasteiger partial charge is 0.125 e. The van der Waals surface area contributed by atoms with Gasteiger partial charge in [0.15, 0.2) is 0 Å². The Kier molecular flexibility index (Phi) is 3.56. The molecule has 0 aliphatic heterocycles. The molecule has 0 amide bonds. The van der Waals surface area contributed by atoms with E-state index in [2.05, 4.69) is 15.9 Å². The topological polar surface area (TPSA) is 29.5 Å². The van der Waals surface area contributed by atoms with E-state index in [4.69, 9.17) is 9.84 Å². The number of hydrogen-bond acceptors (Lipinski definition) is 2. The molecule has 0 bridgehead atoms. The fraction of sp³-hybridized carbons (Fsp3) is 0.222. The van der Waals surface area contributed by atoms with Crippen molar-refractivity contribution >= 4 is 15.9 Å². The quantitative estimate of drug-likeness (QED) is 0.864. The van der Waals surface area contributed by atoms with Crippen molar-refractivity contribution in [2.75, 3.05) is 6.61 Å². The van der Waals surface area contributed by atoms with Crippen molar-refractivity contribution in [3.05, 3.63) is 34.8 Å². The Balaban J connectivity index is 2.94. The summed E-state index contributed by atoms with van der Waals surface area (Å²) in [6.45, 7) is 3.54. The summed E-state index contributed by atoms with van der Waals surface area (Å²) < 4.78 is 6.19. The van der Waals surface area contributed by atoms with Crippen molar-refractivity contribution in [1.29, 1.82) is 0 Å². The van der Waals surface area contributed by atoms with Gasteiger partial charge >= 0.3 is 0 Å². The summed E-state index contributed by atoms with van der Waals surface area (Å²) in [4.78, 5) is 0. The lowest BCUT2D eigenvalue weighted by Crippen LogP contribution is -1.95. The highest BCUT2D eigenvalue weighted by molar-refractivity contribution is 9.10. The van der Waals surface area contributed by atoms with Gasteiger partial charge in [-0.05, 0) is 25.1 Å². The monoisotopic (exact) mass is 229 g/mol. The molecular weight excluding hydrogens is 220 g/mol. The minimum atomic E-state index is 0.600. The third-order valence-corrected chi connectivity index (χ3v) is 1.90. The van der Waals surface area contributed by atoms with Gasteiger partial charge in [-0.15, -0.1) is 0 Å². The molecule has 0 atom stereocenters. The lowest BCUT2D eigenvalue weighted by Gasteiger charge is -2.07. The second kappa shape index (κ2) is 4.48. The lowest BCUT2D eigenvalue weighted by atomic mass is 10.2. The van der Waals surface area contributed by atoms with Gasteiger partial charge in [0.25, 0.3) is 0 Å². The van der Waals surface area contributed by atoms with Crippen LogP contribution in [0, 0.1) is 6.61 Å².